The quantitative estimate of drug-likeness (QED) is 0.587. The van der Waals surface area contributed by atoms with Gasteiger partial charge in [0.25, 0.3) is 0 Å². The number of hydrogen-bond donors (Lipinski definition) is 0. The number of nitrogens with zero attached hydrogens (tertiary/aromatic N) is 2. The van der Waals surface area contributed by atoms with Crippen molar-refractivity contribution < 1.29 is 4.39 Å². The van der Waals surface area contributed by atoms with Gasteiger partial charge in [-0.2, -0.15) is 5.26 Å². The third-order valence-corrected chi connectivity index (χ3v) is 4.03. The van der Waals surface area contributed by atoms with Crippen molar-refractivity contribution in [2.24, 2.45) is 0 Å². The Morgan fingerprint density at radius 2 is 1.86 bits per heavy atom. The van der Waals surface area contributed by atoms with Gasteiger partial charge in [0, 0.05) is 15.4 Å². The number of fused-ring (bicyclic) bond motifs is 1. The van der Waals surface area contributed by atoms with E-state index in [4.69, 9.17) is 11.6 Å². The van der Waals surface area contributed by atoms with E-state index in [0.29, 0.717) is 16.6 Å². The van der Waals surface area contributed by atoms with Crippen LogP contribution in [0.1, 0.15) is 5.56 Å². The van der Waals surface area contributed by atoms with Crippen LogP contribution < -0.4 is 0 Å². The Hall–Kier alpha value is -1.96. The van der Waals surface area contributed by atoms with Crippen LogP contribution in [0.4, 0.5) is 4.39 Å². The molecule has 3 aromatic rings. The SMILES string of the molecule is N#Cc1c(-c2ccc(Br)cc2)nc2ccc(F)cc2c1Cl. The summed E-state index contributed by atoms with van der Waals surface area (Å²) < 4.78 is 14.3. The predicted octanol–water partition coefficient (Wildman–Crippen LogP) is 5.33. The van der Waals surface area contributed by atoms with Gasteiger partial charge in [-0.1, -0.05) is 39.7 Å². The van der Waals surface area contributed by atoms with E-state index in [1.807, 2.05) is 24.3 Å². The number of aromatic nitrogens is 1. The van der Waals surface area contributed by atoms with E-state index in [2.05, 4.69) is 27.0 Å². The fraction of sp³-hybridized carbons (Fsp3) is 0. The molecule has 0 amide bonds. The number of benzene rings is 2. The van der Waals surface area contributed by atoms with Crippen LogP contribution in [0, 0.1) is 17.1 Å². The summed E-state index contributed by atoms with van der Waals surface area (Å²) in [5, 5.41) is 10.0. The standard InChI is InChI=1S/C16H7BrClFN2/c17-10-3-1-9(2-4-10)16-13(8-20)15(18)12-7-11(19)5-6-14(12)21-16/h1-7H. The Labute approximate surface area is 133 Å². The molecule has 2 aromatic carbocycles. The van der Waals surface area contributed by atoms with Gasteiger partial charge in [-0.25, -0.2) is 9.37 Å². The van der Waals surface area contributed by atoms with Crippen molar-refractivity contribution in [3.05, 3.63) is 63.3 Å². The molecule has 0 saturated carbocycles. The molecule has 1 heterocycles. The fourth-order valence-corrected chi connectivity index (χ4v) is 2.66. The Kier molecular flexibility index (Phi) is 3.62. The van der Waals surface area contributed by atoms with Gasteiger partial charge in [-0.3, -0.25) is 0 Å². The van der Waals surface area contributed by atoms with Gasteiger partial charge in [-0.15, -0.1) is 0 Å². The van der Waals surface area contributed by atoms with Crippen LogP contribution in [0.3, 0.4) is 0 Å². The molecule has 0 saturated heterocycles. The molecule has 0 unspecified atom stereocenters. The minimum absolute atomic E-state index is 0.222. The lowest BCUT2D eigenvalue weighted by molar-refractivity contribution is 0.629. The number of nitriles is 1. The van der Waals surface area contributed by atoms with Crippen LogP contribution in [-0.4, -0.2) is 4.98 Å². The van der Waals surface area contributed by atoms with Crippen LogP contribution in [0.5, 0.6) is 0 Å². The summed E-state index contributed by atoms with van der Waals surface area (Å²) in [7, 11) is 0. The maximum absolute atomic E-state index is 13.3. The molecule has 0 aliphatic carbocycles. The van der Waals surface area contributed by atoms with Crippen molar-refractivity contribution in [1.29, 1.82) is 5.26 Å². The van der Waals surface area contributed by atoms with E-state index < -0.39 is 5.82 Å². The van der Waals surface area contributed by atoms with Crippen LogP contribution in [-0.2, 0) is 0 Å². The molecule has 0 N–H and O–H groups in total. The molecule has 2 nitrogen and oxygen atoms in total. The van der Waals surface area contributed by atoms with Crippen molar-refractivity contribution in [1.82, 2.24) is 4.98 Å². The lowest BCUT2D eigenvalue weighted by atomic mass is 10.0. The smallest absolute Gasteiger partial charge is 0.124 e. The second kappa shape index (κ2) is 5.44. The first-order valence-electron chi connectivity index (χ1n) is 6.05. The number of pyridine rings is 1. The van der Waals surface area contributed by atoms with E-state index in [1.54, 1.807) is 6.07 Å². The molecule has 0 bridgehead atoms. The molecule has 0 radical (unpaired) electrons. The monoisotopic (exact) mass is 360 g/mol. The normalized spacial score (nSPS) is 10.6. The van der Waals surface area contributed by atoms with Crippen LogP contribution in [0.15, 0.2) is 46.9 Å². The Balaban J connectivity index is 2.35. The highest BCUT2D eigenvalue weighted by Gasteiger charge is 2.15. The van der Waals surface area contributed by atoms with Crippen LogP contribution >= 0.6 is 27.5 Å². The van der Waals surface area contributed by atoms with Crippen molar-refractivity contribution in [3.8, 4) is 17.3 Å². The van der Waals surface area contributed by atoms with Gasteiger partial charge in [0.05, 0.1) is 21.8 Å². The third kappa shape index (κ3) is 2.51. The highest BCUT2D eigenvalue weighted by molar-refractivity contribution is 9.10. The minimum Gasteiger partial charge on any atom is -0.246 e. The van der Waals surface area contributed by atoms with Gasteiger partial charge in [-0.05, 0) is 30.3 Å². The molecule has 102 valence electrons. The summed E-state index contributed by atoms with van der Waals surface area (Å²) >= 11 is 9.62. The number of hydrogen-bond acceptors (Lipinski definition) is 2. The summed E-state index contributed by atoms with van der Waals surface area (Å²) in [6.07, 6.45) is 0. The molecular formula is C16H7BrClFN2. The highest BCUT2D eigenvalue weighted by atomic mass is 79.9. The topological polar surface area (TPSA) is 36.7 Å². The Morgan fingerprint density at radius 3 is 2.52 bits per heavy atom. The van der Waals surface area contributed by atoms with Crippen molar-refractivity contribution in [2.45, 2.75) is 0 Å². The van der Waals surface area contributed by atoms with E-state index >= 15 is 0 Å². The molecule has 5 heteroatoms. The molecule has 21 heavy (non-hydrogen) atoms. The first kappa shape index (κ1) is 14.0. The van der Waals surface area contributed by atoms with Crippen LogP contribution in [0.2, 0.25) is 5.02 Å². The van der Waals surface area contributed by atoms with E-state index in [-0.39, 0.29) is 10.6 Å². The number of halogens is 3. The summed E-state index contributed by atoms with van der Waals surface area (Å²) in [6, 6.07) is 13.6. The summed E-state index contributed by atoms with van der Waals surface area (Å²) in [4.78, 5) is 4.46. The first-order valence-corrected chi connectivity index (χ1v) is 7.22. The van der Waals surface area contributed by atoms with Crippen LogP contribution in [0.25, 0.3) is 22.2 Å². The van der Waals surface area contributed by atoms with Gasteiger partial charge >= 0.3 is 0 Å². The minimum atomic E-state index is -0.411. The lowest BCUT2D eigenvalue weighted by Gasteiger charge is -2.09. The predicted molar refractivity (Wildman–Crippen MR) is 84.6 cm³/mol. The molecule has 0 aliphatic rings. The zero-order chi connectivity index (χ0) is 15.0. The lowest BCUT2D eigenvalue weighted by Crippen LogP contribution is -1.93. The maximum Gasteiger partial charge on any atom is 0.124 e. The second-order valence-electron chi connectivity index (χ2n) is 4.43. The molecular weight excluding hydrogens is 355 g/mol. The van der Waals surface area contributed by atoms with Gasteiger partial charge in [0.15, 0.2) is 0 Å². The zero-order valence-corrected chi connectivity index (χ0v) is 12.9. The Morgan fingerprint density at radius 1 is 1.14 bits per heavy atom. The molecule has 1 aromatic heterocycles. The summed E-state index contributed by atoms with van der Waals surface area (Å²) in [5.41, 5.74) is 2.08. The van der Waals surface area contributed by atoms with Gasteiger partial charge in [0.2, 0.25) is 0 Å². The largest absolute Gasteiger partial charge is 0.246 e. The summed E-state index contributed by atoms with van der Waals surface area (Å²) in [5.74, 6) is -0.411. The van der Waals surface area contributed by atoms with E-state index in [0.717, 1.165) is 10.0 Å². The second-order valence-corrected chi connectivity index (χ2v) is 5.72. The average molecular weight is 362 g/mol. The van der Waals surface area contributed by atoms with E-state index in [9.17, 15) is 9.65 Å². The average Bonchev–Trinajstić information content (AvgIpc) is 2.48. The Bertz CT molecular complexity index is 885. The summed E-state index contributed by atoms with van der Waals surface area (Å²) in [6.45, 7) is 0. The first-order chi connectivity index (χ1) is 10.1. The van der Waals surface area contributed by atoms with Crippen molar-refractivity contribution >= 4 is 38.4 Å². The molecule has 3 rings (SSSR count). The van der Waals surface area contributed by atoms with Gasteiger partial charge in [0.1, 0.15) is 11.9 Å². The van der Waals surface area contributed by atoms with Crippen molar-refractivity contribution in [3.63, 3.8) is 0 Å². The number of rotatable bonds is 1. The maximum atomic E-state index is 13.3. The van der Waals surface area contributed by atoms with Gasteiger partial charge < -0.3 is 0 Å². The molecule has 0 spiro atoms. The van der Waals surface area contributed by atoms with Crippen molar-refractivity contribution in [2.75, 3.05) is 0 Å². The fourth-order valence-electron chi connectivity index (χ4n) is 2.12. The highest BCUT2D eigenvalue weighted by Crippen LogP contribution is 2.33. The zero-order valence-electron chi connectivity index (χ0n) is 10.6. The van der Waals surface area contributed by atoms with E-state index in [1.165, 1.54) is 12.1 Å². The molecule has 0 atom stereocenters. The molecule has 0 fully saturated rings. The molecule has 0 aliphatic heterocycles. The third-order valence-electron chi connectivity index (χ3n) is 3.11.